The molecule has 0 saturated carbocycles. The Hall–Kier alpha value is -1.50. The van der Waals surface area contributed by atoms with Crippen molar-refractivity contribution in [1.82, 2.24) is 0 Å². The van der Waals surface area contributed by atoms with E-state index in [4.69, 9.17) is 4.74 Å². The van der Waals surface area contributed by atoms with E-state index in [1.54, 1.807) is 0 Å². The lowest BCUT2D eigenvalue weighted by Gasteiger charge is -2.22. The second-order valence-electron chi connectivity index (χ2n) is 5.02. The van der Waals surface area contributed by atoms with Gasteiger partial charge in [0.15, 0.2) is 0 Å². The third-order valence-corrected chi connectivity index (χ3v) is 2.35. The smallest absolute Gasteiger partial charge is 0.121 e. The molecule has 0 atom stereocenters. The molecule has 1 nitrogen and oxygen atoms in total. The molecule has 0 bridgehead atoms. The first-order valence-corrected chi connectivity index (χ1v) is 5.49. The van der Waals surface area contributed by atoms with Gasteiger partial charge in [0, 0.05) is 0 Å². The van der Waals surface area contributed by atoms with Crippen LogP contribution in [0.3, 0.4) is 0 Å². The summed E-state index contributed by atoms with van der Waals surface area (Å²) < 4.78 is 5.85. The predicted molar refractivity (Wildman–Crippen MR) is 68.8 cm³/mol. The maximum absolute atomic E-state index is 5.85. The summed E-state index contributed by atoms with van der Waals surface area (Å²) in [5.41, 5.74) is 0.840. The largest absolute Gasteiger partial charge is 0.488 e. The van der Waals surface area contributed by atoms with Crippen molar-refractivity contribution in [2.24, 2.45) is 0 Å². The van der Waals surface area contributed by atoms with Crippen LogP contribution in [0.1, 0.15) is 26.3 Å². The van der Waals surface area contributed by atoms with E-state index < -0.39 is 0 Å². The first kappa shape index (κ1) is 11.0. The van der Waals surface area contributed by atoms with Crippen LogP contribution in [-0.2, 0) is 0 Å². The molecule has 1 radical (unpaired) electrons. The van der Waals surface area contributed by atoms with Crippen LogP contribution in [0.15, 0.2) is 36.4 Å². The molecule has 16 heavy (non-hydrogen) atoms. The van der Waals surface area contributed by atoms with E-state index in [1.165, 1.54) is 10.8 Å². The van der Waals surface area contributed by atoms with Gasteiger partial charge in [0.05, 0.1) is 0 Å². The van der Waals surface area contributed by atoms with Crippen LogP contribution in [0.2, 0.25) is 0 Å². The van der Waals surface area contributed by atoms with Crippen molar-refractivity contribution < 1.29 is 4.74 Å². The summed E-state index contributed by atoms with van der Waals surface area (Å²) in [6.07, 6.45) is 0. The Bertz CT molecular complexity index is 506. The van der Waals surface area contributed by atoms with Gasteiger partial charge in [0.1, 0.15) is 11.4 Å². The minimum absolute atomic E-state index is 0.172. The Morgan fingerprint density at radius 1 is 1.06 bits per heavy atom. The fourth-order valence-corrected chi connectivity index (χ4v) is 1.77. The van der Waals surface area contributed by atoms with Gasteiger partial charge in [0.25, 0.3) is 0 Å². The van der Waals surface area contributed by atoms with Gasteiger partial charge in [-0.15, -0.1) is 0 Å². The molecule has 0 aliphatic carbocycles. The van der Waals surface area contributed by atoms with Gasteiger partial charge in [-0.3, -0.25) is 0 Å². The highest BCUT2D eigenvalue weighted by Gasteiger charge is 2.12. The summed E-state index contributed by atoms with van der Waals surface area (Å²) in [6, 6.07) is 12.3. The molecule has 2 aromatic carbocycles. The fourth-order valence-electron chi connectivity index (χ4n) is 1.77. The van der Waals surface area contributed by atoms with Gasteiger partial charge in [-0.05, 0) is 56.2 Å². The molecule has 0 heterocycles. The first-order chi connectivity index (χ1) is 7.46. The standard InChI is InChI=1S/C15H17O/c1-11-9-13(16-15(2,3)4)10-12-7-5-6-8-14(11)12/h5-10H,1H2,2-4H3. The van der Waals surface area contributed by atoms with E-state index in [0.717, 1.165) is 11.3 Å². The molecule has 83 valence electrons. The van der Waals surface area contributed by atoms with Gasteiger partial charge >= 0.3 is 0 Å². The fraction of sp³-hybridized carbons (Fsp3) is 0.267. The minimum Gasteiger partial charge on any atom is -0.488 e. The van der Waals surface area contributed by atoms with E-state index >= 15 is 0 Å². The summed E-state index contributed by atoms with van der Waals surface area (Å²) in [5.74, 6) is 0.885. The van der Waals surface area contributed by atoms with Crippen molar-refractivity contribution >= 4 is 10.8 Å². The monoisotopic (exact) mass is 213 g/mol. The molecule has 0 unspecified atom stereocenters. The van der Waals surface area contributed by atoms with Gasteiger partial charge < -0.3 is 4.74 Å². The summed E-state index contributed by atoms with van der Waals surface area (Å²) in [6.45, 7) is 10.2. The topological polar surface area (TPSA) is 9.23 Å². The lowest BCUT2D eigenvalue weighted by atomic mass is 10.0. The highest BCUT2D eigenvalue weighted by molar-refractivity contribution is 5.87. The second-order valence-corrected chi connectivity index (χ2v) is 5.02. The Labute approximate surface area is 97.1 Å². The van der Waals surface area contributed by atoms with Crippen molar-refractivity contribution in [2.75, 3.05) is 0 Å². The van der Waals surface area contributed by atoms with E-state index in [2.05, 4.69) is 25.1 Å². The second kappa shape index (κ2) is 3.82. The first-order valence-electron chi connectivity index (χ1n) is 5.49. The third-order valence-electron chi connectivity index (χ3n) is 2.35. The predicted octanol–water partition coefficient (Wildman–Crippen LogP) is 4.20. The molecule has 0 aromatic heterocycles. The molecule has 1 heteroatoms. The average molecular weight is 213 g/mol. The number of hydrogen-bond donors (Lipinski definition) is 0. The van der Waals surface area contributed by atoms with Crippen molar-refractivity contribution in [1.29, 1.82) is 0 Å². The zero-order chi connectivity index (χ0) is 11.8. The van der Waals surface area contributed by atoms with Crippen molar-refractivity contribution in [3.05, 3.63) is 48.9 Å². The molecule has 2 aromatic rings. The summed E-state index contributed by atoms with van der Waals surface area (Å²) in [5, 5.41) is 2.36. The molecule has 0 aliphatic heterocycles. The molecule has 0 spiro atoms. The highest BCUT2D eigenvalue weighted by Crippen LogP contribution is 2.27. The summed E-state index contributed by atoms with van der Waals surface area (Å²) in [4.78, 5) is 0. The van der Waals surface area contributed by atoms with Crippen molar-refractivity contribution in [2.45, 2.75) is 26.4 Å². The Balaban J connectivity index is 2.50. The zero-order valence-electron chi connectivity index (χ0n) is 10.1. The summed E-state index contributed by atoms with van der Waals surface area (Å²) in [7, 11) is 0. The van der Waals surface area contributed by atoms with Gasteiger partial charge in [-0.1, -0.05) is 24.3 Å². The van der Waals surface area contributed by atoms with Crippen molar-refractivity contribution in [3.8, 4) is 5.75 Å². The number of benzene rings is 2. The van der Waals surface area contributed by atoms with Crippen LogP contribution in [0.5, 0.6) is 5.75 Å². The van der Waals surface area contributed by atoms with Gasteiger partial charge in [-0.25, -0.2) is 0 Å². The third kappa shape index (κ3) is 2.35. The number of fused-ring (bicyclic) bond motifs is 1. The Morgan fingerprint density at radius 2 is 1.75 bits per heavy atom. The SMILES string of the molecule is [CH2]c1cc(OC(C)(C)C)cc2ccccc12. The lowest BCUT2D eigenvalue weighted by Crippen LogP contribution is -2.22. The number of hydrogen-bond acceptors (Lipinski definition) is 1. The van der Waals surface area contributed by atoms with E-state index in [-0.39, 0.29) is 5.60 Å². The molecule has 0 saturated heterocycles. The van der Waals surface area contributed by atoms with Crippen LogP contribution < -0.4 is 4.74 Å². The molecular weight excluding hydrogens is 196 g/mol. The van der Waals surface area contributed by atoms with Crippen LogP contribution in [0.25, 0.3) is 10.8 Å². The average Bonchev–Trinajstić information content (AvgIpc) is 2.15. The Kier molecular flexibility index (Phi) is 2.63. The zero-order valence-corrected chi connectivity index (χ0v) is 10.1. The molecule has 0 N–H and O–H groups in total. The molecular formula is C15H17O. The Morgan fingerprint density at radius 3 is 2.44 bits per heavy atom. The molecule has 0 amide bonds. The maximum Gasteiger partial charge on any atom is 0.121 e. The van der Waals surface area contributed by atoms with E-state index in [9.17, 15) is 0 Å². The highest BCUT2D eigenvalue weighted by atomic mass is 16.5. The minimum atomic E-state index is -0.172. The van der Waals surface area contributed by atoms with Gasteiger partial charge in [-0.2, -0.15) is 0 Å². The van der Waals surface area contributed by atoms with E-state index in [0.29, 0.717) is 0 Å². The van der Waals surface area contributed by atoms with E-state index in [1.807, 2.05) is 39.0 Å². The molecule has 0 fully saturated rings. The molecule has 0 aliphatic rings. The normalized spacial score (nSPS) is 11.8. The van der Waals surface area contributed by atoms with Gasteiger partial charge in [0.2, 0.25) is 0 Å². The number of rotatable bonds is 1. The van der Waals surface area contributed by atoms with Crippen LogP contribution >= 0.6 is 0 Å². The van der Waals surface area contributed by atoms with Crippen LogP contribution in [-0.4, -0.2) is 5.60 Å². The van der Waals surface area contributed by atoms with Crippen molar-refractivity contribution in [3.63, 3.8) is 0 Å². The quantitative estimate of drug-likeness (QED) is 0.690. The number of ether oxygens (including phenoxy) is 1. The van der Waals surface area contributed by atoms with Crippen LogP contribution in [0, 0.1) is 6.92 Å². The molecule has 2 rings (SSSR count). The maximum atomic E-state index is 5.85. The lowest BCUT2D eigenvalue weighted by molar-refractivity contribution is 0.131. The van der Waals surface area contributed by atoms with Crippen LogP contribution in [0.4, 0.5) is 0 Å². The summed E-state index contributed by atoms with van der Waals surface area (Å²) >= 11 is 0.